The molecule has 1 unspecified atom stereocenters. The minimum atomic E-state index is 0.308. The molecule has 4 aromatic rings. The highest BCUT2D eigenvalue weighted by Gasteiger charge is 2.36. The van der Waals surface area contributed by atoms with Crippen LogP contribution >= 0.6 is 11.8 Å². The number of fused-ring (bicyclic) bond motifs is 1. The zero-order valence-corrected chi connectivity index (χ0v) is 17.1. The van der Waals surface area contributed by atoms with E-state index >= 15 is 0 Å². The van der Waals surface area contributed by atoms with E-state index in [9.17, 15) is 0 Å². The molecule has 0 radical (unpaired) electrons. The number of nitrogens with zero attached hydrogens (tertiary/aromatic N) is 2. The number of amidine groups is 1. The quantitative estimate of drug-likeness (QED) is 0.339. The van der Waals surface area contributed by atoms with E-state index in [1.54, 1.807) is 11.8 Å². The summed E-state index contributed by atoms with van der Waals surface area (Å²) in [6.45, 7) is 0. The average Bonchev–Trinajstić information content (AvgIpc) is 2.77. The van der Waals surface area contributed by atoms with Gasteiger partial charge in [-0.25, -0.2) is 4.99 Å². The molecule has 142 valence electrons. The monoisotopic (exact) mass is 394 g/mol. The summed E-state index contributed by atoms with van der Waals surface area (Å²) in [5.74, 6) is 1.12. The average molecular weight is 395 g/mol. The van der Waals surface area contributed by atoms with Crippen molar-refractivity contribution in [3.63, 3.8) is 0 Å². The molecule has 0 saturated carbocycles. The standard InChI is InChI=1S/C26H22N2S/c1-29-24-15-13-23(14-16-24)28-25(18-26(28)27-22-9-3-2-4-10-22)21-12-11-19-7-5-6-8-20(19)17-21/h2-17,25H,18H2,1H3/b27-26+. The fourth-order valence-electron chi connectivity index (χ4n) is 3.93. The first-order chi connectivity index (χ1) is 14.3. The fraction of sp³-hybridized carbons (Fsp3) is 0.115. The van der Waals surface area contributed by atoms with Crippen LogP contribution in [0.3, 0.4) is 0 Å². The van der Waals surface area contributed by atoms with E-state index in [1.807, 2.05) is 18.2 Å². The molecular weight excluding hydrogens is 372 g/mol. The Morgan fingerprint density at radius 3 is 2.28 bits per heavy atom. The van der Waals surface area contributed by atoms with Crippen LogP contribution in [0.1, 0.15) is 18.0 Å². The number of hydrogen-bond donors (Lipinski definition) is 0. The second kappa shape index (κ2) is 7.76. The van der Waals surface area contributed by atoms with E-state index in [-0.39, 0.29) is 0 Å². The van der Waals surface area contributed by atoms with Crippen LogP contribution in [0.4, 0.5) is 11.4 Å². The van der Waals surface area contributed by atoms with Crippen molar-refractivity contribution in [1.82, 2.24) is 0 Å². The lowest BCUT2D eigenvalue weighted by Crippen LogP contribution is -2.46. The normalized spacial score (nSPS) is 17.5. The lowest BCUT2D eigenvalue weighted by molar-refractivity contribution is 0.653. The lowest BCUT2D eigenvalue weighted by Gasteiger charge is -2.44. The number of hydrogen-bond acceptors (Lipinski definition) is 2. The Morgan fingerprint density at radius 1 is 0.793 bits per heavy atom. The molecule has 29 heavy (non-hydrogen) atoms. The summed E-state index contributed by atoms with van der Waals surface area (Å²) in [6.07, 6.45) is 3.05. The molecule has 1 aliphatic heterocycles. The zero-order chi connectivity index (χ0) is 19.6. The largest absolute Gasteiger partial charge is 0.322 e. The maximum atomic E-state index is 4.94. The van der Waals surface area contributed by atoms with Gasteiger partial charge in [0.1, 0.15) is 5.84 Å². The molecular formula is C26H22N2S. The number of anilines is 1. The molecule has 0 amide bonds. The van der Waals surface area contributed by atoms with Gasteiger partial charge in [-0.3, -0.25) is 0 Å². The zero-order valence-electron chi connectivity index (χ0n) is 16.3. The van der Waals surface area contributed by atoms with Crippen LogP contribution in [0.25, 0.3) is 10.8 Å². The van der Waals surface area contributed by atoms with Gasteiger partial charge < -0.3 is 4.90 Å². The summed E-state index contributed by atoms with van der Waals surface area (Å²) in [5.41, 5.74) is 3.54. The molecule has 1 fully saturated rings. The second-order valence-corrected chi connectivity index (χ2v) is 8.14. The first-order valence-corrected chi connectivity index (χ1v) is 11.1. The van der Waals surface area contributed by atoms with Gasteiger partial charge in [-0.05, 0) is 65.1 Å². The Morgan fingerprint density at radius 2 is 1.52 bits per heavy atom. The maximum absolute atomic E-state index is 4.94. The molecule has 0 aromatic heterocycles. The van der Waals surface area contributed by atoms with Crippen molar-refractivity contribution >= 4 is 39.7 Å². The Balaban J connectivity index is 1.54. The van der Waals surface area contributed by atoms with Gasteiger partial charge in [-0.2, -0.15) is 0 Å². The first-order valence-electron chi connectivity index (χ1n) is 9.86. The van der Waals surface area contributed by atoms with Crippen molar-refractivity contribution in [3.05, 3.63) is 103 Å². The molecule has 1 atom stereocenters. The molecule has 1 saturated heterocycles. The summed E-state index contributed by atoms with van der Waals surface area (Å²) in [5, 5.41) is 2.57. The minimum absolute atomic E-state index is 0.308. The lowest BCUT2D eigenvalue weighted by atomic mass is 9.91. The highest BCUT2D eigenvalue weighted by Crippen LogP contribution is 2.41. The third-order valence-corrected chi connectivity index (χ3v) is 6.23. The molecule has 1 aliphatic rings. The number of benzene rings is 4. The van der Waals surface area contributed by atoms with Crippen LogP contribution in [-0.2, 0) is 0 Å². The highest BCUT2D eigenvalue weighted by atomic mass is 32.2. The van der Waals surface area contributed by atoms with Crippen molar-refractivity contribution < 1.29 is 0 Å². The molecule has 5 rings (SSSR count). The third kappa shape index (κ3) is 3.54. The van der Waals surface area contributed by atoms with Crippen molar-refractivity contribution in [1.29, 1.82) is 0 Å². The van der Waals surface area contributed by atoms with Gasteiger partial charge >= 0.3 is 0 Å². The van der Waals surface area contributed by atoms with Crippen LogP contribution in [0.15, 0.2) is 107 Å². The Kier molecular flexibility index (Phi) is 4.82. The van der Waals surface area contributed by atoms with E-state index in [0.717, 1.165) is 17.9 Å². The predicted octanol–water partition coefficient (Wildman–Crippen LogP) is 7.24. The first kappa shape index (κ1) is 18.0. The number of rotatable bonds is 4. The van der Waals surface area contributed by atoms with Crippen molar-refractivity contribution in [3.8, 4) is 0 Å². The fourth-order valence-corrected chi connectivity index (χ4v) is 4.34. The van der Waals surface area contributed by atoms with Crippen molar-refractivity contribution in [2.24, 2.45) is 4.99 Å². The van der Waals surface area contributed by atoms with Gasteiger partial charge in [-0.1, -0.05) is 54.6 Å². The van der Waals surface area contributed by atoms with Gasteiger partial charge in [-0.15, -0.1) is 11.8 Å². The summed E-state index contributed by atoms with van der Waals surface area (Å²) < 4.78 is 0. The molecule has 1 heterocycles. The predicted molar refractivity (Wildman–Crippen MR) is 126 cm³/mol. The van der Waals surface area contributed by atoms with E-state index in [2.05, 4.69) is 90.0 Å². The molecule has 4 aromatic carbocycles. The minimum Gasteiger partial charge on any atom is -0.322 e. The summed E-state index contributed by atoms with van der Waals surface area (Å²) in [7, 11) is 0. The van der Waals surface area contributed by atoms with Crippen molar-refractivity contribution in [2.45, 2.75) is 17.4 Å². The van der Waals surface area contributed by atoms with Crippen LogP contribution in [0, 0.1) is 0 Å². The molecule has 0 N–H and O–H groups in total. The molecule has 0 aliphatic carbocycles. The van der Waals surface area contributed by atoms with Crippen LogP contribution in [-0.4, -0.2) is 12.1 Å². The van der Waals surface area contributed by atoms with Crippen LogP contribution in [0.5, 0.6) is 0 Å². The number of thioether (sulfide) groups is 1. The summed E-state index contributed by atoms with van der Waals surface area (Å²) in [6, 6.07) is 34.7. The number of para-hydroxylation sites is 1. The topological polar surface area (TPSA) is 15.6 Å². The van der Waals surface area contributed by atoms with Crippen LogP contribution in [0.2, 0.25) is 0 Å². The van der Waals surface area contributed by atoms with E-state index < -0.39 is 0 Å². The Hall–Kier alpha value is -3.04. The molecule has 3 heteroatoms. The van der Waals surface area contributed by atoms with E-state index in [1.165, 1.54) is 26.9 Å². The summed E-state index contributed by atoms with van der Waals surface area (Å²) in [4.78, 5) is 8.59. The number of aliphatic imine (C=N–C) groups is 1. The SMILES string of the molecule is CSc1ccc(N2/C(=N/c3ccccc3)CC2c2ccc3ccccc3c2)cc1. The van der Waals surface area contributed by atoms with E-state index in [0.29, 0.717) is 6.04 Å². The van der Waals surface area contributed by atoms with Gasteiger partial charge in [0.25, 0.3) is 0 Å². The van der Waals surface area contributed by atoms with Crippen LogP contribution < -0.4 is 4.90 Å². The second-order valence-electron chi connectivity index (χ2n) is 7.26. The van der Waals surface area contributed by atoms with E-state index in [4.69, 9.17) is 4.99 Å². The van der Waals surface area contributed by atoms with Gasteiger partial charge in [0.05, 0.1) is 11.7 Å². The Bertz CT molecular complexity index is 1170. The van der Waals surface area contributed by atoms with Crippen molar-refractivity contribution in [2.75, 3.05) is 11.2 Å². The molecule has 0 spiro atoms. The van der Waals surface area contributed by atoms with Gasteiger partial charge in [0.15, 0.2) is 0 Å². The highest BCUT2D eigenvalue weighted by molar-refractivity contribution is 7.98. The third-order valence-electron chi connectivity index (χ3n) is 5.49. The smallest absolute Gasteiger partial charge is 0.112 e. The van der Waals surface area contributed by atoms with Gasteiger partial charge in [0, 0.05) is 17.0 Å². The maximum Gasteiger partial charge on any atom is 0.112 e. The summed E-state index contributed by atoms with van der Waals surface area (Å²) >= 11 is 1.77. The molecule has 2 nitrogen and oxygen atoms in total. The molecule has 0 bridgehead atoms. The Labute approximate surface area is 175 Å². The van der Waals surface area contributed by atoms with Gasteiger partial charge in [0.2, 0.25) is 0 Å².